The van der Waals surface area contributed by atoms with Crippen molar-refractivity contribution in [2.75, 3.05) is 6.54 Å². The zero-order chi connectivity index (χ0) is 11.0. The number of alkyl carbamates (subject to hydrolysis) is 1. The van der Waals surface area contributed by atoms with Crippen molar-refractivity contribution < 1.29 is 9.53 Å². The number of nitrogens with one attached hydrogen (secondary N) is 2. The molecule has 0 rings (SSSR count). The highest BCUT2D eigenvalue weighted by Crippen LogP contribution is 1.93. The van der Waals surface area contributed by atoms with E-state index in [4.69, 9.17) is 15.9 Å². The van der Waals surface area contributed by atoms with E-state index in [2.05, 4.69) is 5.32 Å². The Bertz CT molecular complexity index is 192. The van der Waals surface area contributed by atoms with Gasteiger partial charge in [0.2, 0.25) is 0 Å². The van der Waals surface area contributed by atoms with Gasteiger partial charge in [-0.3, -0.25) is 5.41 Å². The molecule has 0 bridgehead atoms. The number of rotatable bonds is 6. The van der Waals surface area contributed by atoms with Gasteiger partial charge in [0.05, 0.1) is 11.9 Å². The Morgan fingerprint density at radius 3 is 2.64 bits per heavy atom. The molecule has 14 heavy (non-hydrogen) atoms. The quantitative estimate of drug-likeness (QED) is 0.343. The maximum Gasteiger partial charge on any atom is 0.407 e. The highest BCUT2D eigenvalue weighted by Gasteiger charge is 2.02. The summed E-state index contributed by atoms with van der Waals surface area (Å²) in [5, 5.41) is 9.59. The van der Waals surface area contributed by atoms with E-state index >= 15 is 0 Å². The molecule has 0 atom stereocenters. The fourth-order valence-electron chi connectivity index (χ4n) is 0.887. The van der Waals surface area contributed by atoms with E-state index in [0.29, 0.717) is 13.0 Å². The molecule has 0 aliphatic rings. The fourth-order valence-corrected chi connectivity index (χ4v) is 0.887. The minimum Gasteiger partial charge on any atom is -0.447 e. The standard InChI is InChI=1S/C9H19N3O2/c1-7(2)14-9(13)12-6-4-3-5-8(10)11/h7H,3-6H2,1-2H3,(H3,10,11)(H,12,13). The minimum absolute atomic E-state index is 0.0905. The van der Waals surface area contributed by atoms with E-state index < -0.39 is 0 Å². The summed E-state index contributed by atoms with van der Waals surface area (Å²) >= 11 is 0. The Morgan fingerprint density at radius 2 is 2.14 bits per heavy atom. The number of amidine groups is 1. The summed E-state index contributed by atoms with van der Waals surface area (Å²) in [6, 6.07) is 0. The van der Waals surface area contributed by atoms with Crippen LogP contribution in [0.2, 0.25) is 0 Å². The summed E-state index contributed by atoms with van der Waals surface area (Å²) in [6.07, 6.45) is 1.74. The summed E-state index contributed by atoms with van der Waals surface area (Å²) in [4.78, 5) is 11.0. The van der Waals surface area contributed by atoms with Crippen LogP contribution in [0.15, 0.2) is 0 Å². The first-order valence-electron chi connectivity index (χ1n) is 4.79. The lowest BCUT2D eigenvalue weighted by molar-refractivity contribution is 0.115. The first-order chi connectivity index (χ1) is 6.52. The molecular formula is C9H19N3O2. The summed E-state index contributed by atoms with van der Waals surface area (Å²) in [7, 11) is 0. The summed E-state index contributed by atoms with van der Waals surface area (Å²) < 4.78 is 4.86. The highest BCUT2D eigenvalue weighted by molar-refractivity contribution is 5.76. The first kappa shape index (κ1) is 12.7. The van der Waals surface area contributed by atoms with Crippen molar-refractivity contribution >= 4 is 11.9 Å². The van der Waals surface area contributed by atoms with Gasteiger partial charge >= 0.3 is 6.09 Å². The number of nitrogens with two attached hydrogens (primary N) is 1. The molecule has 0 radical (unpaired) electrons. The van der Waals surface area contributed by atoms with E-state index in [1.165, 1.54) is 0 Å². The molecule has 0 aliphatic carbocycles. The van der Waals surface area contributed by atoms with Gasteiger partial charge in [0.1, 0.15) is 0 Å². The molecule has 0 unspecified atom stereocenters. The summed E-state index contributed by atoms with van der Waals surface area (Å²) in [6.45, 7) is 4.17. The molecule has 0 saturated carbocycles. The number of carbonyl (C=O) groups is 1. The molecule has 0 aliphatic heterocycles. The highest BCUT2D eigenvalue weighted by atomic mass is 16.6. The fraction of sp³-hybridized carbons (Fsp3) is 0.778. The third-order valence-electron chi connectivity index (χ3n) is 1.48. The maximum absolute atomic E-state index is 11.0. The van der Waals surface area contributed by atoms with E-state index in [1.807, 2.05) is 0 Å². The zero-order valence-electron chi connectivity index (χ0n) is 8.80. The molecule has 0 aromatic rings. The molecule has 0 spiro atoms. The van der Waals surface area contributed by atoms with Crippen molar-refractivity contribution in [3.05, 3.63) is 0 Å². The lowest BCUT2D eigenvalue weighted by Crippen LogP contribution is -2.27. The minimum atomic E-state index is -0.386. The monoisotopic (exact) mass is 201 g/mol. The van der Waals surface area contributed by atoms with E-state index in [9.17, 15) is 4.79 Å². The summed E-state index contributed by atoms with van der Waals surface area (Å²) in [5.74, 6) is 0.190. The van der Waals surface area contributed by atoms with Gasteiger partial charge in [-0.15, -0.1) is 0 Å². The topological polar surface area (TPSA) is 88.2 Å². The summed E-state index contributed by atoms with van der Waals surface area (Å²) in [5.41, 5.74) is 5.17. The number of carbonyl (C=O) groups excluding carboxylic acids is 1. The molecule has 0 saturated heterocycles. The van der Waals surface area contributed by atoms with Gasteiger partial charge in [0, 0.05) is 13.0 Å². The number of hydrogen-bond acceptors (Lipinski definition) is 3. The molecular weight excluding hydrogens is 182 g/mol. The van der Waals surface area contributed by atoms with Crippen LogP contribution in [0.25, 0.3) is 0 Å². The van der Waals surface area contributed by atoms with Crippen LogP contribution in [0.1, 0.15) is 33.1 Å². The Hall–Kier alpha value is -1.26. The van der Waals surface area contributed by atoms with E-state index in [1.54, 1.807) is 13.8 Å². The van der Waals surface area contributed by atoms with Crippen molar-refractivity contribution in [1.29, 1.82) is 5.41 Å². The largest absolute Gasteiger partial charge is 0.447 e. The van der Waals surface area contributed by atoms with Gasteiger partial charge in [-0.2, -0.15) is 0 Å². The second kappa shape index (κ2) is 7.17. The number of ether oxygens (including phenoxy) is 1. The van der Waals surface area contributed by atoms with Crippen molar-refractivity contribution in [2.45, 2.75) is 39.2 Å². The van der Waals surface area contributed by atoms with Crippen LogP contribution in [-0.4, -0.2) is 24.6 Å². The van der Waals surface area contributed by atoms with Crippen LogP contribution in [0, 0.1) is 5.41 Å². The molecule has 0 aromatic heterocycles. The van der Waals surface area contributed by atoms with Crippen LogP contribution in [0.4, 0.5) is 4.79 Å². The average molecular weight is 201 g/mol. The average Bonchev–Trinajstić information content (AvgIpc) is 2.01. The second-order valence-corrected chi connectivity index (χ2v) is 3.36. The van der Waals surface area contributed by atoms with Gasteiger partial charge in [-0.25, -0.2) is 4.79 Å². The molecule has 5 nitrogen and oxygen atoms in total. The van der Waals surface area contributed by atoms with Crippen molar-refractivity contribution in [3.8, 4) is 0 Å². The molecule has 5 heteroatoms. The molecule has 0 heterocycles. The molecule has 82 valence electrons. The number of hydrogen-bond donors (Lipinski definition) is 3. The number of amides is 1. The molecule has 0 aromatic carbocycles. The van der Waals surface area contributed by atoms with Gasteiger partial charge in [0.25, 0.3) is 0 Å². The smallest absolute Gasteiger partial charge is 0.407 e. The van der Waals surface area contributed by atoms with Gasteiger partial charge in [-0.05, 0) is 26.7 Å². The molecule has 4 N–H and O–H groups in total. The normalized spacial score (nSPS) is 9.93. The predicted octanol–water partition coefficient (Wildman–Crippen LogP) is 1.23. The molecule has 0 fully saturated rings. The van der Waals surface area contributed by atoms with Crippen LogP contribution >= 0.6 is 0 Å². The third-order valence-corrected chi connectivity index (χ3v) is 1.48. The van der Waals surface area contributed by atoms with Crippen LogP contribution in [0.5, 0.6) is 0 Å². The predicted molar refractivity (Wildman–Crippen MR) is 55.4 cm³/mol. The Labute approximate surface area is 84.5 Å². The van der Waals surface area contributed by atoms with Gasteiger partial charge < -0.3 is 15.8 Å². The van der Waals surface area contributed by atoms with Gasteiger partial charge in [0.15, 0.2) is 0 Å². The number of unbranched alkanes of at least 4 members (excludes halogenated alkanes) is 1. The van der Waals surface area contributed by atoms with Gasteiger partial charge in [-0.1, -0.05) is 0 Å². The Kier molecular flexibility index (Phi) is 6.53. The van der Waals surface area contributed by atoms with Crippen LogP contribution in [-0.2, 0) is 4.74 Å². The third kappa shape index (κ3) is 8.83. The maximum atomic E-state index is 11.0. The lowest BCUT2D eigenvalue weighted by atomic mass is 10.2. The van der Waals surface area contributed by atoms with Crippen molar-refractivity contribution in [2.24, 2.45) is 5.73 Å². The Balaban J connectivity index is 3.27. The SMILES string of the molecule is CC(C)OC(=O)NCCCCC(=N)N. The van der Waals surface area contributed by atoms with Crippen LogP contribution < -0.4 is 11.1 Å². The lowest BCUT2D eigenvalue weighted by Gasteiger charge is -2.08. The van der Waals surface area contributed by atoms with E-state index in [-0.39, 0.29) is 18.0 Å². The van der Waals surface area contributed by atoms with Crippen LogP contribution in [0.3, 0.4) is 0 Å². The Morgan fingerprint density at radius 1 is 1.50 bits per heavy atom. The van der Waals surface area contributed by atoms with E-state index in [0.717, 1.165) is 12.8 Å². The second-order valence-electron chi connectivity index (χ2n) is 3.36. The molecule has 1 amide bonds. The zero-order valence-corrected chi connectivity index (χ0v) is 8.80. The van der Waals surface area contributed by atoms with Crippen molar-refractivity contribution in [3.63, 3.8) is 0 Å². The first-order valence-corrected chi connectivity index (χ1v) is 4.79. The van der Waals surface area contributed by atoms with Crippen molar-refractivity contribution in [1.82, 2.24) is 5.32 Å².